The first-order chi connectivity index (χ1) is 5.83. The van der Waals surface area contributed by atoms with E-state index in [1.807, 2.05) is 6.92 Å². The van der Waals surface area contributed by atoms with Crippen molar-refractivity contribution in [1.82, 2.24) is 0 Å². The van der Waals surface area contributed by atoms with Crippen molar-refractivity contribution in [2.75, 3.05) is 13.2 Å². The van der Waals surface area contributed by atoms with Crippen LogP contribution in [0.1, 0.15) is 34.6 Å². The van der Waals surface area contributed by atoms with E-state index in [1.54, 1.807) is 0 Å². The van der Waals surface area contributed by atoms with Gasteiger partial charge in [-0.3, -0.25) is 0 Å². The summed E-state index contributed by atoms with van der Waals surface area (Å²) >= 11 is 0. The van der Waals surface area contributed by atoms with E-state index in [0.717, 1.165) is 23.5 Å². The van der Waals surface area contributed by atoms with E-state index in [0.29, 0.717) is 11.8 Å². The molecule has 0 amide bonds. The van der Waals surface area contributed by atoms with Crippen LogP contribution in [0.3, 0.4) is 0 Å². The van der Waals surface area contributed by atoms with Gasteiger partial charge in [-0.15, -0.1) is 0 Å². The first-order valence-corrected chi connectivity index (χ1v) is 6.11. The average molecular weight is 204 g/mol. The van der Waals surface area contributed by atoms with Gasteiger partial charge in [-0.2, -0.15) is 0 Å². The molecule has 0 fully saturated rings. The molecular weight excluding hydrogens is 180 g/mol. The molecule has 0 aliphatic rings. The molecule has 0 heterocycles. The fourth-order valence-electron chi connectivity index (χ4n) is 0.776. The molecule has 0 atom stereocenters. The van der Waals surface area contributed by atoms with Crippen molar-refractivity contribution in [2.24, 2.45) is 11.8 Å². The van der Waals surface area contributed by atoms with Gasteiger partial charge in [-0.1, -0.05) is 27.7 Å². The highest BCUT2D eigenvalue weighted by molar-refractivity contribution is 6.13. The normalized spacial score (nSPS) is 13.2. The van der Waals surface area contributed by atoms with Gasteiger partial charge in [0.1, 0.15) is 5.41 Å². The Morgan fingerprint density at radius 1 is 1.00 bits per heavy atom. The minimum atomic E-state index is -0.297. The molecule has 0 aliphatic carbocycles. The van der Waals surface area contributed by atoms with Crippen LogP contribution in [0.5, 0.6) is 0 Å². The summed E-state index contributed by atoms with van der Waals surface area (Å²) in [5.41, 5.74) is -0.297. The van der Waals surface area contributed by atoms with Gasteiger partial charge in [0.05, 0.1) is 23.5 Å². The first kappa shape index (κ1) is 13.1. The molecule has 0 rings (SSSR count). The number of hydrogen-bond donors (Lipinski definition) is 0. The third-order valence-electron chi connectivity index (χ3n) is 1.53. The maximum absolute atomic E-state index is 5.68. The second kappa shape index (κ2) is 5.78. The molecule has 0 spiro atoms. The minimum absolute atomic E-state index is 0.297. The number of ether oxygens (including phenoxy) is 2. The molecule has 2 nitrogen and oxygen atoms in total. The van der Waals surface area contributed by atoms with Gasteiger partial charge in [0.2, 0.25) is 0 Å². The Hall–Kier alpha value is 0.137. The molecule has 0 N–H and O–H groups in total. The van der Waals surface area contributed by atoms with Crippen molar-refractivity contribution < 1.29 is 9.47 Å². The summed E-state index contributed by atoms with van der Waals surface area (Å²) in [5, 5.41) is 0. The Morgan fingerprint density at radius 3 is 1.54 bits per heavy atom. The lowest BCUT2D eigenvalue weighted by Crippen LogP contribution is -2.35. The number of rotatable bonds is 6. The predicted octanol–water partition coefficient (Wildman–Crippen LogP) is 1.37. The standard InChI is InChI=1S/C10H24O2Si/c1-8(2)6-11-10(5,13)12-7-9(3)4/h8-9H,6-7H2,1-5,13H3. The van der Waals surface area contributed by atoms with Crippen LogP contribution in [0, 0.1) is 11.8 Å². The lowest BCUT2D eigenvalue weighted by atomic mass is 10.2. The summed E-state index contributed by atoms with van der Waals surface area (Å²) in [5.74, 6) is 1.16. The molecule has 0 bridgehead atoms. The number of hydrogen-bond acceptors (Lipinski definition) is 2. The quantitative estimate of drug-likeness (QED) is 0.480. The van der Waals surface area contributed by atoms with E-state index in [1.165, 1.54) is 0 Å². The Labute approximate surface area is 85.4 Å². The Bertz CT molecular complexity index is 119. The molecule has 80 valence electrons. The molecule has 13 heavy (non-hydrogen) atoms. The van der Waals surface area contributed by atoms with Gasteiger partial charge in [0.25, 0.3) is 0 Å². The zero-order chi connectivity index (χ0) is 10.5. The van der Waals surface area contributed by atoms with Crippen LogP contribution in [-0.4, -0.2) is 28.9 Å². The van der Waals surface area contributed by atoms with Gasteiger partial charge in [0, 0.05) is 0 Å². The lowest BCUT2D eigenvalue weighted by Gasteiger charge is -2.28. The van der Waals surface area contributed by atoms with E-state index >= 15 is 0 Å². The van der Waals surface area contributed by atoms with Gasteiger partial charge >= 0.3 is 0 Å². The molecule has 3 heteroatoms. The van der Waals surface area contributed by atoms with Crippen LogP contribution in [0.25, 0.3) is 0 Å². The molecule has 0 aromatic carbocycles. The fourth-order valence-corrected chi connectivity index (χ4v) is 1.11. The molecule has 0 saturated carbocycles. The third kappa shape index (κ3) is 8.47. The third-order valence-corrected chi connectivity index (χ3v) is 2.11. The maximum atomic E-state index is 5.68. The average Bonchev–Trinajstić information content (AvgIpc) is 1.98. The van der Waals surface area contributed by atoms with Crippen molar-refractivity contribution in [1.29, 1.82) is 0 Å². The van der Waals surface area contributed by atoms with Crippen molar-refractivity contribution in [3.8, 4) is 0 Å². The van der Waals surface area contributed by atoms with E-state index in [2.05, 4.69) is 27.7 Å². The summed E-state index contributed by atoms with van der Waals surface area (Å²) in [6.45, 7) is 12.2. The molecular formula is C10H24O2Si. The van der Waals surface area contributed by atoms with Crippen molar-refractivity contribution in [3.05, 3.63) is 0 Å². The molecule has 0 unspecified atom stereocenters. The van der Waals surface area contributed by atoms with E-state index in [9.17, 15) is 0 Å². The zero-order valence-corrected chi connectivity index (χ0v) is 11.9. The summed E-state index contributed by atoms with van der Waals surface area (Å²) in [6.07, 6.45) is 0. The summed E-state index contributed by atoms with van der Waals surface area (Å²) < 4.78 is 11.4. The topological polar surface area (TPSA) is 18.5 Å². The zero-order valence-electron chi connectivity index (χ0n) is 9.89. The van der Waals surface area contributed by atoms with Crippen molar-refractivity contribution >= 4 is 10.2 Å². The van der Waals surface area contributed by atoms with Crippen LogP contribution >= 0.6 is 0 Å². The van der Waals surface area contributed by atoms with Crippen LogP contribution in [0.2, 0.25) is 0 Å². The summed E-state index contributed by atoms with van der Waals surface area (Å²) in [7, 11) is 0.915. The van der Waals surface area contributed by atoms with Crippen LogP contribution in [0.4, 0.5) is 0 Å². The van der Waals surface area contributed by atoms with Gasteiger partial charge in [-0.25, -0.2) is 0 Å². The monoisotopic (exact) mass is 204 g/mol. The summed E-state index contributed by atoms with van der Waals surface area (Å²) in [4.78, 5) is 0. The van der Waals surface area contributed by atoms with Gasteiger partial charge < -0.3 is 9.47 Å². The first-order valence-electron chi connectivity index (χ1n) is 5.11. The highest BCUT2D eigenvalue weighted by Crippen LogP contribution is 2.11. The molecule has 0 aliphatic heterocycles. The Morgan fingerprint density at radius 2 is 1.31 bits per heavy atom. The second-order valence-electron chi connectivity index (χ2n) is 4.81. The molecule has 0 saturated heterocycles. The van der Waals surface area contributed by atoms with E-state index < -0.39 is 0 Å². The van der Waals surface area contributed by atoms with Crippen molar-refractivity contribution in [3.63, 3.8) is 0 Å². The molecule has 0 radical (unpaired) electrons. The van der Waals surface area contributed by atoms with Crippen LogP contribution in [0.15, 0.2) is 0 Å². The van der Waals surface area contributed by atoms with Crippen molar-refractivity contribution in [2.45, 2.75) is 40.0 Å². The minimum Gasteiger partial charge on any atom is -0.355 e. The maximum Gasteiger partial charge on any atom is 0.138 e. The van der Waals surface area contributed by atoms with E-state index in [4.69, 9.17) is 9.47 Å². The predicted molar refractivity (Wildman–Crippen MR) is 59.9 cm³/mol. The highest BCUT2D eigenvalue weighted by atomic mass is 28.1. The SMILES string of the molecule is CC(C)COC(C)([SiH3])OCC(C)C. The summed E-state index contributed by atoms with van der Waals surface area (Å²) in [6, 6.07) is 0. The molecule has 0 aromatic heterocycles. The Balaban J connectivity index is 3.66. The molecule has 0 aromatic rings. The smallest absolute Gasteiger partial charge is 0.138 e. The second-order valence-corrected chi connectivity index (χ2v) is 6.63. The van der Waals surface area contributed by atoms with E-state index in [-0.39, 0.29) is 5.41 Å². The lowest BCUT2D eigenvalue weighted by molar-refractivity contribution is -0.176. The fraction of sp³-hybridized carbons (Fsp3) is 1.00. The van der Waals surface area contributed by atoms with Gasteiger partial charge in [-0.05, 0) is 18.8 Å². The highest BCUT2D eigenvalue weighted by Gasteiger charge is 2.19. The van der Waals surface area contributed by atoms with Gasteiger partial charge in [0.15, 0.2) is 0 Å². The van der Waals surface area contributed by atoms with Crippen LogP contribution in [-0.2, 0) is 9.47 Å². The largest absolute Gasteiger partial charge is 0.355 e. The van der Waals surface area contributed by atoms with Crippen LogP contribution < -0.4 is 0 Å². The Kier molecular flexibility index (Phi) is 5.84.